The summed E-state index contributed by atoms with van der Waals surface area (Å²) in [5.74, 6) is 1.59. The topological polar surface area (TPSA) is 35.5 Å². The molecular weight excluding hydrogens is 264 g/mol. The highest BCUT2D eigenvalue weighted by Crippen LogP contribution is 2.29. The largest absolute Gasteiger partial charge is 0.497 e. The molecule has 21 heavy (non-hydrogen) atoms. The summed E-state index contributed by atoms with van der Waals surface area (Å²) in [4.78, 5) is 11.7. The van der Waals surface area contributed by atoms with Crippen molar-refractivity contribution in [2.75, 3.05) is 14.2 Å². The average Bonchev–Trinajstić information content (AvgIpc) is 2.55. The van der Waals surface area contributed by atoms with Gasteiger partial charge in [0.1, 0.15) is 17.8 Å². The van der Waals surface area contributed by atoms with Crippen LogP contribution in [0.25, 0.3) is 0 Å². The lowest BCUT2D eigenvalue weighted by Crippen LogP contribution is -2.26. The monoisotopic (exact) mass is 284 g/mol. The summed E-state index contributed by atoms with van der Waals surface area (Å²) in [6, 6.07) is 15.4. The van der Waals surface area contributed by atoms with Crippen LogP contribution >= 0.6 is 0 Å². The van der Waals surface area contributed by atoms with E-state index in [1.54, 1.807) is 14.2 Å². The van der Waals surface area contributed by atoms with Crippen molar-refractivity contribution in [3.8, 4) is 11.5 Å². The maximum Gasteiger partial charge on any atom is 0.130 e. The molecule has 0 saturated carbocycles. The van der Waals surface area contributed by atoms with Crippen LogP contribution in [0, 0.1) is 0 Å². The van der Waals surface area contributed by atoms with E-state index in [1.807, 2.05) is 55.5 Å². The van der Waals surface area contributed by atoms with Gasteiger partial charge in [0.15, 0.2) is 0 Å². The molecule has 0 amide bonds. The van der Waals surface area contributed by atoms with Gasteiger partial charge in [-0.2, -0.15) is 0 Å². The number of aldehydes is 1. The Morgan fingerprint density at radius 3 is 2.24 bits per heavy atom. The zero-order valence-electron chi connectivity index (χ0n) is 12.6. The molecule has 0 fully saturated rings. The molecule has 2 aromatic rings. The van der Waals surface area contributed by atoms with E-state index in [9.17, 15) is 4.79 Å². The summed E-state index contributed by atoms with van der Waals surface area (Å²) in [7, 11) is 3.27. The van der Waals surface area contributed by atoms with E-state index in [4.69, 9.17) is 9.47 Å². The second-order valence-electron chi connectivity index (χ2n) is 5.29. The molecule has 0 radical (unpaired) electrons. The van der Waals surface area contributed by atoms with Gasteiger partial charge >= 0.3 is 0 Å². The zero-order chi connectivity index (χ0) is 15.3. The molecule has 2 aromatic carbocycles. The fraction of sp³-hybridized carbons (Fsp3) is 0.278. The summed E-state index contributed by atoms with van der Waals surface area (Å²) in [6.45, 7) is 1.95. The first-order valence-electron chi connectivity index (χ1n) is 6.85. The Balaban J connectivity index is 2.29. The number of ether oxygens (including phenoxy) is 2. The quantitative estimate of drug-likeness (QED) is 0.763. The lowest BCUT2D eigenvalue weighted by molar-refractivity contribution is -0.112. The molecule has 1 atom stereocenters. The van der Waals surface area contributed by atoms with E-state index >= 15 is 0 Å². The number of carbonyl (C=O) groups excluding carboxylic acids is 1. The Morgan fingerprint density at radius 2 is 1.67 bits per heavy atom. The fourth-order valence-electron chi connectivity index (χ4n) is 2.39. The molecule has 3 nitrogen and oxygen atoms in total. The van der Waals surface area contributed by atoms with E-state index in [1.165, 1.54) is 0 Å². The van der Waals surface area contributed by atoms with Crippen molar-refractivity contribution in [2.24, 2.45) is 0 Å². The first kappa shape index (κ1) is 15.1. The standard InChI is InChI=1S/C18H20O3/c1-18(13-19,15-7-9-16(20-2)10-8-15)12-14-5-4-6-17(11-14)21-3/h4-11,13H,12H2,1-3H3. The minimum absolute atomic E-state index is 0.571. The zero-order valence-corrected chi connectivity index (χ0v) is 12.6. The Kier molecular flexibility index (Phi) is 4.63. The predicted octanol–water partition coefficient (Wildman–Crippen LogP) is 3.40. The van der Waals surface area contributed by atoms with Crippen LogP contribution in [0.3, 0.4) is 0 Å². The summed E-state index contributed by atoms with van der Waals surface area (Å²) < 4.78 is 10.4. The van der Waals surface area contributed by atoms with Crippen molar-refractivity contribution in [2.45, 2.75) is 18.8 Å². The van der Waals surface area contributed by atoms with Crippen LogP contribution in [0.4, 0.5) is 0 Å². The van der Waals surface area contributed by atoms with Crippen molar-refractivity contribution in [1.29, 1.82) is 0 Å². The number of hydrogen-bond donors (Lipinski definition) is 0. The van der Waals surface area contributed by atoms with Gasteiger partial charge in [-0.1, -0.05) is 24.3 Å². The smallest absolute Gasteiger partial charge is 0.130 e. The first-order chi connectivity index (χ1) is 10.1. The Morgan fingerprint density at radius 1 is 1.00 bits per heavy atom. The third kappa shape index (κ3) is 3.43. The summed E-state index contributed by atoms with van der Waals surface area (Å²) in [5.41, 5.74) is 1.47. The van der Waals surface area contributed by atoms with E-state index in [2.05, 4.69) is 0 Å². The Hall–Kier alpha value is -2.29. The van der Waals surface area contributed by atoms with E-state index < -0.39 is 5.41 Å². The predicted molar refractivity (Wildman–Crippen MR) is 83.1 cm³/mol. The molecule has 110 valence electrons. The van der Waals surface area contributed by atoms with Gasteiger partial charge in [0.2, 0.25) is 0 Å². The minimum atomic E-state index is -0.571. The first-order valence-corrected chi connectivity index (χ1v) is 6.85. The van der Waals surface area contributed by atoms with Crippen LogP contribution in [0.1, 0.15) is 18.1 Å². The van der Waals surface area contributed by atoms with Crippen LogP contribution in [0.5, 0.6) is 11.5 Å². The molecule has 0 aliphatic carbocycles. The number of carbonyl (C=O) groups is 1. The van der Waals surface area contributed by atoms with Crippen LogP contribution < -0.4 is 9.47 Å². The van der Waals surface area contributed by atoms with Crippen LogP contribution in [0.15, 0.2) is 48.5 Å². The third-order valence-corrected chi connectivity index (χ3v) is 3.72. The molecule has 0 spiro atoms. The van der Waals surface area contributed by atoms with Gasteiger partial charge in [-0.3, -0.25) is 0 Å². The van der Waals surface area contributed by atoms with Gasteiger partial charge in [-0.05, 0) is 48.7 Å². The van der Waals surface area contributed by atoms with Gasteiger partial charge in [0.05, 0.1) is 19.6 Å². The molecule has 2 rings (SSSR count). The third-order valence-electron chi connectivity index (χ3n) is 3.72. The Bertz CT molecular complexity index is 604. The molecule has 0 bridgehead atoms. The number of rotatable bonds is 6. The summed E-state index contributed by atoms with van der Waals surface area (Å²) in [6.07, 6.45) is 1.63. The van der Waals surface area contributed by atoms with Crippen LogP contribution in [-0.2, 0) is 16.6 Å². The van der Waals surface area contributed by atoms with Gasteiger partial charge in [0.25, 0.3) is 0 Å². The van der Waals surface area contributed by atoms with Gasteiger partial charge in [-0.15, -0.1) is 0 Å². The summed E-state index contributed by atoms with van der Waals surface area (Å²) in [5, 5.41) is 0. The highest BCUT2D eigenvalue weighted by molar-refractivity contribution is 5.69. The molecule has 3 heteroatoms. The maximum atomic E-state index is 11.7. The van der Waals surface area contributed by atoms with Gasteiger partial charge < -0.3 is 14.3 Å². The maximum absolute atomic E-state index is 11.7. The molecule has 0 aliphatic rings. The van der Waals surface area contributed by atoms with Crippen molar-refractivity contribution in [3.63, 3.8) is 0 Å². The van der Waals surface area contributed by atoms with E-state index in [-0.39, 0.29) is 0 Å². The van der Waals surface area contributed by atoms with Gasteiger partial charge in [-0.25, -0.2) is 0 Å². The summed E-state index contributed by atoms with van der Waals surface area (Å²) >= 11 is 0. The van der Waals surface area contributed by atoms with Crippen molar-refractivity contribution in [3.05, 3.63) is 59.7 Å². The van der Waals surface area contributed by atoms with E-state index in [0.29, 0.717) is 6.42 Å². The van der Waals surface area contributed by atoms with Crippen LogP contribution in [-0.4, -0.2) is 20.5 Å². The van der Waals surface area contributed by atoms with E-state index in [0.717, 1.165) is 28.9 Å². The van der Waals surface area contributed by atoms with Gasteiger partial charge in [0, 0.05) is 0 Å². The molecule has 0 N–H and O–H groups in total. The highest BCUT2D eigenvalue weighted by atomic mass is 16.5. The lowest BCUT2D eigenvalue weighted by atomic mass is 9.78. The normalized spacial score (nSPS) is 13.3. The average molecular weight is 284 g/mol. The Labute approximate surface area is 125 Å². The fourth-order valence-corrected chi connectivity index (χ4v) is 2.39. The molecule has 0 aromatic heterocycles. The van der Waals surface area contributed by atoms with Crippen molar-refractivity contribution < 1.29 is 14.3 Å². The minimum Gasteiger partial charge on any atom is -0.497 e. The van der Waals surface area contributed by atoms with Crippen molar-refractivity contribution in [1.82, 2.24) is 0 Å². The number of benzene rings is 2. The highest BCUT2D eigenvalue weighted by Gasteiger charge is 2.26. The lowest BCUT2D eigenvalue weighted by Gasteiger charge is -2.24. The molecular formula is C18H20O3. The molecule has 0 aliphatic heterocycles. The molecule has 0 saturated heterocycles. The van der Waals surface area contributed by atoms with Crippen molar-refractivity contribution >= 4 is 6.29 Å². The number of methoxy groups -OCH3 is 2. The second kappa shape index (κ2) is 6.44. The SMILES string of the molecule is COc1ccc(C(C)(C=O)Cc2cccc(OC)c2)cc1. The molecule has 1 unspecified atom stereocenters. The molecule has 0 heterocycles. The van der Waals surface area contributed by atoms with Crippen LogP contribution in [0.2, 0.25) is 0 Å². The second-order valence-corrected chi connectivity index (χ2v) is 5.29. The number of hydrogen-bond acceptors (Lipinski definition) is 3.